The molecule has 60 valence electrons. The van der Waals surface area contributed by atoms with E-state index >= 15 is 0 Å². The Bertz CT molecular complexity index is 37.2. The Balaban J connectivity index is -0.0000000600. The summed E-state index contributed by atoms with van der Waals surface area (Å²) in [5, 5.41) is 0. The van der Waals surface area contributed by atoms with Crippen LogP contribution >= 0.6 is 0 Å². The molecule has 0 radical (unpaired) electrons. The molecule has 0 aromatic rings. The Morgan fingerprint density at radius 1 is 0.800 bits per heavy atom. The maximum Gasteiger partial charge on any atom is 2.00 e. The van der Waals surface area contributed by atoms with Gasteiger partial charge in [-0.1, -0.05) is 20.8 Å². The molecule has 0 unspecified atom stereocenters. The van der Waals surface area contributed by atoms with Gasteiger partial charge >= 0.3 is 37.7 Å². The predicted octanol–water partition coefficient (Wildman–Crippen LogP) is 0.614. The second-order valence-corrected chi connectivity index (χ2v) is 1.62. The topological polar surface area (TPSA) is 63.2 Å². The van der Waals surface area contributed by atoms with E-state index < -0.39 is 0 Å². The normalized spacial score (nSPS) is 7.20. The molecule has 0 aromatic carbocycles. The first kappa shape index (κ1) is 22.5. The first-order valence-corrected chi connectivity index (χ1v) is 3.07. The van der Waals surface area contributed by atoms with E-state index in [0.717, 1.165) is 0 Å². The second-order valence-electron chi connectivity index (χ2n) is 1.62. The molecule has 2 N–H and O–H groups in total. The summed E-state index contributed by atoms with van der Waals surface area (Å²) in [6.07, 6.45) is 0. The second kappa shape index (κ2) is 16.6. The van der Waals surface area contributed by atoms with E-state index in [4.69, 9.17) is 0 Å². The molecule has 0 atom stereocenters. The van der Waals surface area contributed by atoms with Gasteiger partial charge in [0, 0.05) is 0 Å². The summed E-state index contributed by atoms with van der Waals surface area (Å²) in [6.45, 7) is 10.1. The Hall–Kier alpha value is 1.14. The van der Waals surface area contributed by atoms with E-state index in [1.54, 1.807) is 0 Å². The van der Waals surface area contributed by atoms with Crippen molar-refractivity contribution < 1.29 is 11.0 Å². The van der Waals surface area contributed by atoms with Crippen molar-refractivity contribution in [1.29, 1.82) is 0 Å². The van der Waals surface area contributed by atoms with Crippen LogP contribution in [0, 0.1) is 0 Å². The first-order chi connectivity index (χ1) is 3.35. The van der Waals surface area contributed by atoms with Crippen molar-refractivity contribution in [2.45, 2.75) is 20.8 Å². The molecule has 0 heterocycles. The third-order valence-corrected chi connectivity index (χ3v) is 1.34. The SMILES string of the molecule is CCN(CC)CC.[Ca+2].[OH-].[OH-]. The molecule has 10 heavy (non-hydrogen) atoms. The first-order valence-electron chi connectivity index (χ1n) is 3.07. The zero-order valence-corrected chi connectivity index (χ0v) is 9.38. The standard InChI is InChI=1S/C6H15N.Ca.2H2O/c1-4-7(5-2)6-3;;;/h4-6H2,1-3H3;;2*1H2/q;+2;;/p-2. The largest absolute Gasteiger partial charge is 2.00 e. The van der Waals surface area contributed by atoms with Crippen LogP contribution < -0.4 is 0 Å². The Morgan fingerprint density at radius 2 is 1.00 bits per heavy atom. The van der Waals surface area contributed by atoms with E-state index in [1.165, 1.54) is 19.6 Å². The van der Waals surface area contributed by atoms with Gasteiger partial charge in [-0.25, -0.2) is 0 Å². The van der Waals surface area contributed by atoms with Crippen LogP contribution in [0.1, 0.15) is 20.8 Å². The Kier molecular flexibility index (Phi) is 37.3. The van der Waals surface area contributed by atoms with E-state index in [2.05, 4.69) is 25.7 Å². The quantitative estimate of drug-likeness (QED) is 0.590. The summed E-state index contributed by atoms with van der Waals surface area (Å²) in [7, 11) is 0. The number of rotatable bonds is 3. The summed E-state index contributed by atoms with van der Waals surface area (Å²) in [5.41, 5.74) is 0. The molecule has 3 nitrogen and oxygen atoms in total. The van der Waals surface area contributed by atoms with Gasteiger partial charge in [-0.2, -0.15) is 0 Å². The van der Waals surface area contributed by atoms with Gasteiger partial charge in [0.15, 0.2) is 0 Å². The van der Waals surface area contributed by atoms with Gasteiger partial charge in [-0.3, -0.25) is 0 Å². The number of nitrogens with zero attached hydrogens (tertiary/aromatic N) is 1. The van der Waals surface area contributed by atoms with Crippen molar-refractivity contribution in [3.63, 3.8) is 0 Å². The fourth-order valence-corrected chi connectivity index (χ4v) is 0.671. The molecule has 0 aromatic heterocycles. The Morgan fingerprint density at radius 3 is 1.00 bits per heavy atom. The van der Waals surface area contributed by atoms with Crippen LogP contribution in [0.25, 0.3) is 0 Å². The predicted molar refractivity (Wildman–Crippen MR) is 43.1 cm³/mol. The molecule has 0 amide bonds. The minimum Gasteiger partial charge on any atom is -0.870 e. The molecule has 4 heteroatoms. The molecule has 0 rings (SSSR count). The van der Waals surface area contributed by atoms with Crippen LogP contribution in [0.5, 0.6) is 0 Å². The van der Waals surface area contributed by atoms with E-state index in [1.807, 2.05) is 0 Å². The van der Waals surface area contributed by atoms with Crippen LogP contribution in [-0.2, 0) is 0 Å². The molecule has 0 saturated carbocycles. The molecule has 0 aliphatic heterocycles. The maximum atomic E-state index is 2.38. The third-order valence-electron chi connectivity index (χ3n) is 1.34. The monoisotopic (exact) mass is 175 g/mol. The van der Waals surface area contributed by atoms with Gasteiger partial charge in [0.1, 0.15) is 0 Å². The van der Waals surface area contributed by atoms with Gasteiger partial charge in [0.2, 0.25) is 0 Å². The fraction of sp³-hybridized carbons (Fsp3) is 1.00. The molecule has 0 saturated heterocycles. The average molecular weight is 175 g/mol. The van der Waals surface area contributed by atoms with Crippen molar-refractivity contribution in [3.8, 4) is 0 Å². The van der Waals surface area contributed by atoms with Crippen molar-refractivity contribution in [2.75, 3.05) is 19.6 Å². The smallest absolute Gasteiger partial charge is 0.870 e. The molecule has 0 aliphatic carbocycles. The third kappa shape index (κ3) is 11.9. The molecular formula is C6H17CaNO2. The van der Waals surface area contributed by atoms with Gasteiger partial charge in [0.25, 0.3) is 0 Å². The summed E-state index contributed by atoms with van der Waals surface area (Å²) >= 11 is 0. The molecule has 0 spiro atoms. The van der Waals surface area contributed by atoms with Crippen molar-refractivity contribution in [2.24, 2.45) is 0 Å². The van der Waals surface area contributed by atoms with Crippen LogP contribution in [0.4, 0.5) is 0 Å². The van der Waals surface area contributed by atoms with Crippen molar-refractivity contribution >= 4 is 37.7 Å². The fourth-order valence-electron chi connectivity index (χ4n) is 0.671. The maximum absolute atomic E-state index is 2.38. The summed E-state index contributed by atoms with van der Waals surface area (Å²) in [4.78, 5) is 2.38. The van der Waals surface area contributed by atoms with Gasteiger partial charge in [-0.15, -0.1) is 0 Å². The van der Waals surface area contributed by atoms with Crippen molar-refractivity contribution in [3.05, 3.63) is 0 Å². The van der Waals surface area contributed by atoms with Crippen LogP contribution in [-0.4, -0.2) is 73.2 Å². The molecule has 0 aliphatic rings. The number of hydrogen-bond donors (Lipinski definition) is 0. The van der Waals surface area contributed by atoms with Crippen molar-refractivity contribution in [1.82, 2.24) is 4.90 Å². The minimum absolute atomic E-state index is 0. The molecular weight excluding hydrogens is 158 g/mol. The van der Waals surface area contributed by atoms with Crippen LogP contribution in [0.2, 0.25) is 0 Å². The summed E-state index contributed by atoms with van der Waals surface area (Å²) < 4.78 is 0. The zero-order chi connectivity index (χ0) is 5.70. The van der Waals surface area contributed by atoms with E-state index in [-0.39, 0.29) is 48.7 Å². The molecule has 0 bridgehead atoms. The van der Waals surface area contributed by atoms with Gasteiger partial charge < -0.3 is 15.9 Å². The zero-order valence-electron chi connectivity index (χ0n) is 7.17. The minimum atomic E-state index is 0. The van der Waals surface area contributed by atoms with Crippen LogP contribution in [0.15, 0.2) is 0 Å². The van der Waals surface area contributed by atoms with Gasteiger partial charge in [-0.05, 0) is 19.6 Å². The summed E-state index contributed by atoms with van der Waals surface area (Å²) in [6, 6.07) is 0. The van der Waals surface area contributed by atoms with E-state index in [0.29, 0.717) is 0 Å². The average Bonchev–Trinajstić information content (AvgIpc) is 1.72. The van der Waals surface area contributed by atoms with Crippen LogP contribution in [0.3, 0.4) is 0 Å². The molecule has 0 fully saturated rings. The Labute approximate surface area is 93.4 Å². The number of hydrogen-bond acceptors (Lipinski definition) is 3. The summed E-state index contributed by atoms with van der Waals surface area (Å²) in [5.74, 6) is 0. The van der Waals surface area contributed by atoms with E-state index in [9.17, 15) is 0 Å². The van der Waals surface area contributed by atoms with Gasteiger partial charge in [0.05, 0.1) is 0 Å².